The first-order chi connectivity index (χ1) is 8.02. The molecule has 0 spiro atoms. The predicted octanol–water partition coefficient (Wildman–Crippen LogP) is 2.05. The molecule has 0 aliphatic carbocycles. The predicted molar refractivity (Wildman–Crippen MR) is 53.1 cm³/mol. The van der Waals surface area contributed by atoms with E-state index in [4.69, 9.17) is 5.11 Å². The van der Waals surface area contributed by atoms with E-state index in [1.165, 1.54) is 4.90 Å². The van der Waals surface area contributed by atoms with Crippen molar-refractivity contribution in [1.29, 1.82) is 0 Å². The van der Waals surface area contributed by atoms with Crippen LogP contribution in [-0.4, -0.2) is 29.0 Å². The molecule has 1 amide bonds. The van der Waals surface area contributed by atoms with E-state index >= 15 is 0 Å². The van der Waals surface area contributed by atoms with Crippen LogP contribution in [0.5, 0.6) is 5.75 Å². The molecule has 17 heavy (non-hydrogen) atoms. The van der Waals surface area contributed by atoms with Crippen molar-refractivity contribution in [1.82, 2.24) is 4.90 Å². The topological polar surface area (TPSA) is 40.5 Å². The number of carbonyl (C=O) groups is 1. The van der Waals surface area contributed by atoms with Crippen LogP contribution in [0.4, 0.5) is 13.2 Å². The third-order valence-electron chi connectivity index (χ3n) is 2.76. The molecule has 0 atom stereocenters. The Hall–Kier alpha value is -1.72. The summed E-state index contributed by atoms with van der Waals surface area (Å²) in [4.78, 5) is 13.1. The fourth-order valence-electron chi connectivity index (χ4n) is 1.84. The number of phenolic OH excluding ortho intramolecular Hbond substituents is 1. The summed E-state index contributed by atoms with van der Waals surface area (Å²) in [5.74, 6) is -6.71. The fraction of sp³-hybridized carbons (Fsp3) is 0.364. The van der Waals surface area contributed by atoms with Gasteiger partial charge in [0.2, 0.25) is 5.82 Å². The van der Waals surface area contributed by atoms with Gasteiger partial charge in [0.25, 0.3) is 5.91 Å². The molecule has 3 nitrogen and oxygen atoms in total. The molecule has 6 heteroatoms. The quantitative estimate of drug-likeness (QED) is 0.769. The summed E-state index contributed by atoms with van der Waals surface area (Å²) in [6.07, 6.45) is 1.59. The lowest BCUT2D eigenvalue weighted by molar-refractivity contribution is 0.0786. The monoisotopic (exact) mass is 245 g/mol. The third kappa shape index (κ3) is 1.94. The molecule has 0 radical (unpaired) electrons. The summed E-state index contributed by atoms with van der Waals surface area (Å²) in [5, 5.41) is 9.00. The zero-order valence-electron chi connectivity index (χ0n) is 8.84. The van der Waals surface area contributed by atoms with E-state index in [2.05, 4.69) is 0 Å². The summed E-state index contributed by atoms with van der Waals surface area (Å²) in [6, 6.07) is 0.477. The molecule has 0 saturated carbocycles. The maximum atomic E-state index is 13.4. The molecule has 0 aromatic heterocycles. The maximum Gasteiger partial charge on any atom is 0.257 e. The summed E-state index contributed by atoms with van der Waals surface area (Å²) >= 11 is 0. The number of amides is 1. The van der Waals surface area contributed by atoms with Gasteiger partial charge in [-0.2, -0.15) is 4.39 Å². The highest BCUT2D eigenvalue weighted by Gasteiger charge is 2.27. The Morgan fingerprint density at radius 3 is 2.35 bits per heavy atom. The van der Waals surface area contributed by atoms with Gasteiger partial charge in [-0.1, -0.05) is 0 Å². The molecule has 1 saturated heterocycles. The Labute approximate surface area is 95.5 Å². The normalized spacial score (nSPS) is 15.4. The van der Waals surface area contributed by atoms with Crippen LogP contribution in [0.1, 0.15) is 23.2 Å². The molecule has 2 rings (SSSR count). The van der Waals surface area contributed by atoms with Crippen molar-refractivity contribution in [3.63, 3.8) is 0 Å². The van der Waals surface area contributed by atoms with E-state index in [1.807, 2.05) is 0 Å². The van der Waals surface area contributed by atoms with Gasteiger partial charge in [0, 0.05) is 13.1 Å². The highest BCUT2D eigenvalue weighted by atomic mass is 19.2. The van der Waals surface area contributed by atoms with E-state index < -0.39 is 34.7 Å². The summed E-state index contributed by atoms with van der Waals surface area (Å²) in [5.41, 5.74) is -0.636. The number of hydrogen-bond acceptors (Lipinski definition) is 2. The van der Waals surface area contributed by atoms with Gasteiger partial charge in [-0.25, -0.2) is 8.78 Å². The minimum atomic E-state index is -1.68. The minimum Gasteiger partial charge on any atom is -0.503 e. The third-order valence-corrected chi connectivity index (χ3v) is 2.76. The van der Waals surface area contributed by atoms with Gasteiger partial charge in [-0.15, -0.1) is 0 Å². The van der Waals surface area contributed by atoms with Crippen molar-refractivity contribution < 1.29 is 23.1 Å². The summed E-state index contributed by atoms with van der Waals surface area (Å²) in [6.45, 7) is 0.913. The van der Waals surface area contributed by atoms with E-state index in [-0.39, 0.29) is 0 Å². The molecule has 0 unspecified atom stereocenters. The van der Waals surface area contributed by atoms with E-state index in [1.54, 1.807) is 0 Å². The van der Waals surface area contributed by atoms with Gasteiger partial charge in [0.05, 0.1) is 5.56 Å². The largest absolute Gasteiger partial charge is 0.503 e. The van der Waals surface area contributed by atoms with Gasteiger partial charge in [0.1, 0.15) is 0 Å². The van der Waals surface area contributed by atoms with Gasteiger partial charge in [-0.3, -0.25) is 4.79 Å². The Morgan fingerprint density at radius 1 is 1.18 bits per heavy atom. The molecular formula is C11H10F3NO2. The molecule has 92 valence electrons. The highest BCUT2D eigenvalue weighted by molar-refractivity contribution is 5.95. The second-order valence-corrected chi connectivity index (χ2v) is 3.88. The van der Waals surface area contributed by atoms with Crippen molar-refractivity contribution in [3.05, 3.63) is 29.1 Å². The summed E-state index contributed by atoms with van der Waals surface area (Å²) < 4.78 is 39.3. The zero-order valence-corrected chi connectivity index (χ0v) is 8.84. The van der Waals surface area contributed by atoms with Gasteiger partial charge in [0.15, 0.2) is 17.4 Å². The smallest absolute Gasteiger partial charge is 0.257 e. The Bertz CT molecular complexity index is 470. The number of aromatic hydroxyl groups is 1. The van der Waals surface area contributed by atoms with Crippen LogP contribution >= 0.6 is 0 Å². The molecule has 1 aromatic carbocycles. The van der Waals surface area contributed by atoms with Crippen LogP contribution in [0.2, 0.25) is 0 Å². The molecule has 0 bridgehead atoms. The fourth-order valence-corrected chi connectivity index (χ4v) is 1.84. The molecular weight excluding hydrogens is 235 g/mol. The van der Waals surface area contributed by atoms with E-state index in [0.29, 0.717) is 19.2 Å². The van der Waals surface area contributed by atoms with Crippen molar-refractivity contribution in [2.24, 2.45) is 0 Å². The number of hydrogen-bond donors (Lipinski definition) is 1. The van der Waals surface area contributed by atoms with Crippen LogP contribution in [0.3, 0.4) is 0 Å². The van der Waals surface area contributed by atoms with Crippen molar-refractivity contribution in [3.8, 4) is 5.75 Å². The number of carbonyl (C=O) groups excluding carboxylic acids is 1. The number of likely N-dealkylation sites (tertiary alicyclic amines) is 1. The Kier molecular flexibility index (Phi) is 2.95. The van der Waals surface area contributed by atoms with Gasteiger partial charge in [-0.05, 0) is 18.9 Å². The van der Waals surface area contributed by atoms with Crippen molar-refractivity contribution >= 4 is 5.91 Å². The second-order valence-electron chi connectivity index (χ2n) is 3.88. The lowest BCUT2D eigenvalue weighted by atomic mass is 10.1. The van der Waals surface area contributed by atoms with Gasteiger partial charge >= 0.3 is 0 Å². The second kappa shape index (κ2) is 4.27. The first-order valence-corrected chi connectivity index (χ1v) is 5.18. The Balaban J connectivity index is 2.41. The number of nitrogens with zero attached hydrogens (tertiary/aromatic N) is 1. The first kappa shape index (κ1) is 11.8. The average Bonchev–Trinajstić information content (AvgIpc) is 2.84. The van der Waals surface area contributed by atoms with Crippen LogP contribution in [0.15, 0.2) is 6.07 Å². The molecule has 1 heterocycles. The number of benzene rings is 1. The zero-order chi connectivity index (χ0) is 12.6. The van der Waals surface area contributed by atoms with Crippen LogP contribution in [-0.2, 0) is 0 Å². The lowest BCUT2D eigenvalue weighted by Crippen LogP contribution is -2.28. The van der Waals surface area contributed by atoms with Crippen LogP contribution in [0, 0.1) is 17.5 Å². The van der Waals surface area contributed by atoms with E-state index in [0.717, 1.165) is 12.8 Å². The molecule has 1 N–H and O–H groups in total. The first-order valence-electron chi connectivity index (χ1n) is 5.18. The summed E-state index contributed by atoms with van der Waals surface area (Å²) in [7, 11) is 0. The maximum absolute atomic E-state index is 13.4. The van der Waals surface area contributed by atoms with Crippen molar-refractivity contribution in [2.45, 2.75) is 12.8 Å². The molecule has 1 aliphatic heterocycles. The lowest BCUT2D eigenvalue weighted by Gasteiger charge is -2.16. The minimum absolute atomic E-state index is 0.456. The molecule has 1 fully saturated rings. The van der Waals surface area contributed by atoms with Gasteiger partial charge < -0.3 is 10.0 Å². The number of halogens is 3. The van der Waals surface area contributed by atoms with Crippen LogP contribution in [0.25, 0.3) is 0 Å². The molecule has 1 aromatic rings. The molecule has 1 aliphatic rings. The Morgan fingerprint density at radius 2 is 1.76 bits per heavy atom. The van der Waals surface area contributed by atoms with Crippen molar-refractivity contribution in [2.75, 3.05) is 13.1 Å². The highest BCUT2D eigenvalue weighted by Crippen LogP contribution is 2.27. The average molecular weight is 245 g/mol. The van der Waals surface area contributed by atoms with E-state index in [9.17, 15) is 18.0 Å². The standard InChI is InChI=1S/C11H10F3NO2/c12-7-5-6(8(13)10(16)9(7)14)11(17)15-3-1-2-4-15/h5,16H,1-4H2. The number of rotatable bonds is 1. The SMILES string of the molecule is O=C(c1cc(F)c(F)c(O)c1F)N1CCCC1. The number of phenols is 1. The van der Waals surface area contributed by atoms with Crippen LogP contribution < -0.4 is 0 Å².